The van der Waals surface area contributed by atoms with Gasteiger partial charge in [0.2, 0.25) is 0 Å². The smallest absolute Gasteiger partial charge is 0.0567 e. The first-order chi connectivity index (χ1) is 58.1. The molecule has 0 bridgehead atoms. The summed E-state index contributed by atoms with van der Waals surface area (Å²) in [5.41, 5.74) is 21.9. The molecule has 0 atom stereocenters. The summed E-state index contributed by atoms with van der Waals surface area (Å²) in [6, 6.07) is 167. The van der Waals surface area contributed by atoms with Crippen LogP contribution in [0, 0.1) is 0 Å². The number of benzene rings is 20. The maximum atomic E-state index is 2.28. The van der Waals surface area contributed by atoms with Gasteiger partial charge in [0.05, 0.1) is 5.69 Å². The predicted octanol–water partition coefficient (Wildman–Crippen LogP) is 30.9. The van der Waals surface area contributed by atoms with Crippen LogP contribution in [0.5, 0.6) is 0 Å². The van der Waals surface area contributed by atoms with Gasteiger partial charge in [0.1, 0.15) is 0 Å². The average molecular weight is 1520 g/mol. The van der Waals surface area contributed by atoms with E-state index in [0.717, 1.165) is 0 Å². The molecule has 0 unspecified atom stereocenters. The third kappa shape index (κ3) is 18.0. The highest BCUT2D eigenvalue weighted by Gasteiger charge is 2.16. The molecule has 0 aliphatic rings. The first-order valence-electron chi connectivity index (χ1n) is 40.3. The minimum absolute atomic E-state index is 1.18. The lowest BCUT2D eigenvalue weighted by atomic mass is 9.99. The Balaban J connectivity index is 0.000000110. The second-order valence-electron chi connectivity index (χ2n) is 29.5. The molecular weight excluding hydrogens is 1430 g/mol. The van der Waals surface area contributed by atoms with Crippen LogP contribution in [-0.2, 0) is 0 Å². The maximum Gasteiger partial charge on any atom is 0.0567 e. The van der Waals surface area contributed by atoms with E-state index in [1.54, 1.807) is 0 Å². The Kier molecular flexibility index (Phi) is 24.0. The molecular formula is C113H93N5. The van der Waals surface area contributed by atoms with E-state index in [9.17, 15) is 0 Å². The van der Waals surface area contributed by atoms with E-state index in [0.29, 0.717) is 0 Å². The zero-order valence-electron chi connectivity index (χ0n) is 67.3. The minimum Gasteiger partial charge on any atom is -0.345 e. The highest BCUT2D eigenvalue weighted by Crippen LogP contribution is 2.41. The van der Waals surface area contributed by atoms with Crippen LogP contribution >= 0.6 is 0 Å². The average Bonchev–Trinajstić information content (AvgIpc) is 0.738. The van der Waals surface area contributed by atoms with Crippen molar-refractivity contribution >= 4 is 122 Å². The third-order valence-corrected chi connectivity index (χ3v) is 22.1. The van der Waals surface area contributed by atoms with Gasteiger partial charge >= 0.3 is 0 Å². The minimum atomic E-state index is 1.18. The SMILES string of the molecule is CN(c1ccc(-c2ccccc2)cc1)c1ccc(-c2ccccc2)cc1.CN(c1ccc(-c2ccccc2)cc1)c1cccc(-c2ccccc2)c1.CN(c1ccccc1)c1c2ccccc2cc2ccccc12.CN(c1ccccc1)c1cc2ccccc2c2ccccc12.CN(c1ccccc1)c1ccc2cc3ccccc3cc2c1. The van der Waals surface area contributed by atoms with Gasteiger partial charge in [-0.1, -0.05) is 352 Å². The third-order valence-electron chi connectivity index (χ3n) is 22.1. The summed E-state index contributed by atoms with van der Waals surface area (Å²) >= 11 is 0. The van der Waals surface area contributed by atoms with Gasteiger partial charge in [-0.2, -0.15) is 0 Å². The Morgan fingerprint density at radius 1 is 0.127 bits per heavy atom. The Bertz CT molecular complexity index is 6500. The summed E-state index contributed by atoms with van der Waals surface area (Å²) < 4.78 is 0. The number of hydrogen-bond donors (Lipinski definition) is 0. The van der Waals surface area contributed by atoms with Crippen LogP contribution in [0.15, 0.2) is 473 Å². The predicted molar refractivity (Wildman–Crippen MR) is 512 cm³/mol. The molecule has 20 rings (SSSR count). The second kappa shape index (κ2) is 36.8. The zero-order valence-corrected chi connectivity index (χ0v) is 67.3. The molecule has 570 valence electrons. The fraction of sp³-hybridized carbons (Fsp3) is 0.0442. The van der Waals surface area contributed by atoms with Crippen molar-refractivity contribution in [2.45, 2.75) is 0 Å². The van der Waals surface area contributed by atoms with Crippen LogP contribution in [-0.4, -0.2) is 35.2 Å². The van der Waals surface area contributed by atoms with Crippen molar-refractivity contribution in [1.29, 1.82) is 0 Å². The molecule has 0 aliphatic carbocycles. The molecule has 0 spiro atoms. The standard InChI is InChI=1S/2C25H21N.3C21H17N/c1-26(24-17-15-22(16-18-24)20-9-4-2-5-10-20)25-14-8-13-23(19-25)21-11-6-3-7-12-21;1-26(24-16-12-22(13-17-24)20-8-4-2-5-9-20)25-18-14-23(15-19-25)21-10-6-3-7-11-21;1-22(18-11-3-2-4-12-18)21-19-13-7-5-9-16(19)15-17-10-6-8-14-20(17)21;1-22(17-10-3-2-4-11-17)21-15-16-9-5-6-12-18(16)19-13-7-8-14-20(19)21;1-22(20-9-3-2-4-10-20)21-12-11-18-13-16-7-5-6-8-17(16)14-19(18)15-21/h2*2-19H,1H3;3*2-15H,1H3. The Hall–Kier alpha value is -15.0. The Morgan fingerprint density at radius 2 is 0.381 bits per heavy atom. The number of nitrogens with zero attached hydrogens (tertiary/aromatic N) is 5. The first kappa shape index (κ1) is 76.9. The lowest BCUT2D eigenvalue weighted by molar-refractivity contribution is 1.21. The molecule has 0 radical (unpaired) electrons. The molecule has 0 aromatic heterocycles. The molecule has 118 heavy (non-hydrogen) atoms. The van der Waals surface area contributed by atoms with Crippen molar-refractivity contribution in [2.24, 2.45) is 0 Å². The molecule has 0 N–H and O–H groups in total. The monoisotopic (exact) mass is 1520 g/mol. The summed E-state index contributed by atoms with van der Waals surface area (Å²) in [4.78, 5) is 11.2. The van der Waals surface area contributed by atoms with Gasteiger partial charge < -0.3 is 24.5 Å². The largest absolute Gasteiger partial charge is 0.345 e. The molecule has 0 saturated heterocycles. The van der Waals surface area contributed by atoms with Gasteiger partial charge in [-0.15, -0.1) is 0 Å². The molecule has 0 saturated carbocycles. The van der Waals surface area contributed by atoms with Crippen molar-refractivity contribution in [3.8, 4) is 44.5 Å². The number of para-hydroxylation sites is 3. The number of hydrogen-bond acceptors (Lipinski definition) is 5. The Labute approximate surface area is 694 Å². The summed E-state index contributed by atoms with van der Waals surface area (Å²) in [6.07, 6.45) is 0. The number of anilines is 10. The number of rotatable bonds is 14. The van der Waals surface area contributed by atoms with Gasteiger partial charge in [-0.05, 0) is 214 Å². The molecule has 5 nitrogen and oxygen atoms in total. The fourth-order valence-corrected chi connectivity index (χ4v) is 15.5. The van der Waals surface area contributed by atoms with Crippen LogP contribution in [0.4, 0.5) is 56.9 Å². The number of fused-ring (bicyclic) bond motifs is 7. The summed E-state index contributed by atoms with van der Waals surface area (Å²) in [5.74, 6) is 0. The van der Waals surface area contributed by atoms with Crippen molar-refractivity contribution in [3.63, 3.8) is 0 Å². The van der Waals surface area contributed by atoms with Crippen molar-refractivity contribution in [2.75, 3.05) is 59.7 Å². The van der Waals surface area contributed by atoms with E-state index in [2.05, 4.69) is 503 Å². The molecule has 0 amide bonds. The van der Waals surface area contributed by atoms with Crippen LogP contribution in [0.25, 0.3) is 109 Å². The van der Waals surface area contributed by atoms with E-state index in [1.165, 1.54) is 166 Å². The lowest BCUT2D eigenvalue weighted by Crippen LogP contribution is -2.10. The highest BCUT2D eigenvalue weighted by atomic mass is 15.1. The highest BCUT2D eigenvalue weighted by molar-refractivity contribution is 6.14. The van der Waals surface area contributed by atoms with Gasteiger partial charge in [0.25, 0.3) is 0 Å². The van der Waals surface area contributed by atoms with Crippen LogP contribution in [0.2, 0.25) is 0 Å². The maximum absolute atomic E-state index is 2.28. The summed E-state index contributed by atoms with van der Waals surface area (Å²) in [6.45, 7) is 0. The normalized spacial score (nSPS) is 10.8. The van der Waals surface area contributed by atoms with Gasteiger partial charge in [-0.3, -0.25) is 0 Å². The van der Waals surface area contributed by atoms with E-state index in [-0.39, 0.29) is 0 Å². The molecule has 0 heterocycles. The zero-order chi connectivity index (χ0) is 80.4. The van der Waals surface area contributed by atoms with Crippen LogP contribution in [0.3, 0.4) is 0 Å². The summed E-state index contributed by atoms with van der Waals surface area (Å²) in [7, 11) is 10.6. The molecule has 0 fully saturated rings. The second-order valence-corrected chi connectivity index (χ2v) is 29.5. The lowest BCUT2D eigenvalue weighted by Gasteiger charge is -2.23. The summed E-state index contributed by atoms with van der Waals surface area (Å²) in [5, 5.41) is 15.4. The quantitative estimate of drug-likeness (QED) is 0.0794. The Morgan fingerprint density at radius 3 is 0.814 bits per heavy atom. The topological polar surface area (TPSA) is 16.2 Å². The molecule has 20 aromatic rings. The van der Waals surface area contributed by atoms with E-state index in [4.69, 9.17) is 0 Å². The fourth-order valence-electron chi connectivity index (χ4n) is 15.5. The van der Waals surface area contributed by atoms with E-state index >= 15 is 0 Å². The van der Waals surface area contributed by atoms with Gasteiger partial charge in [-0.25, -0.2) is 0 Å². The van der Waals surface area contributed by atoms with Crippen LogP contribution < -0.4 is 24.5 Å². The van der Waals surface area contributed by atoms with E-state index < -0.39 is 0 Å². The van der Waals surface area contributed by atoms with Gasteiger partial charge in [0, 0.05) is 103 Å². The van der Waals surface area contributed by atoms with Gasteiger partial charge in [0.15, 0.2) is 0 Å². The first-order valence-corrected chi connectivity index (χ1v) is 40.3. The van der Waals surface area contributed by atoms with Crippen molar-refractivity contribution in [3.05, 3.63) is 473 Å². The molecule has 0 aliphatic heterocycles. The molecule has 20 aromatic carbocycles. The van der Waals surface area contributed by atoms with Crippen molar-refractivity contribution in [1.82, 2.24) is 0 Å². The van der Waals surface area contributed by atoms with Crippen LogP contribution in [0.1, 0.15) is 0 Å². The van der Waals surface area contributed by atoms with E-state index in [1.807, 2.05) is 30.3 Å². The van der Waals surface area contributed by atoms with Crippen molar-refractivity contribution < 1.29 is 0 Å². The molecule has 5 heteroatoms.